The Labute approximate surface area is 199 Å². The monoisotopic (exact) mass is 467 g/mol. The summed E-state index contributed by atoms with van der Waals surface area (Å²) in [6.07, 6.45) is 1.94. The van der Waals surface area contributed by atoms with Crippen LogP contribution in [-0.4, -0.2) is 62.2 Å². The van der Waals surface area contributed by atoms with E-state index in [0.29, 0.717) is 31.4 Å². The van der Waals surface area contributed by atoms with Crippen molar-refractivity contribution in [1.29, 1.82) is 0 Å². The zero-order valence-corrected chi connectivity index (χ0v) is 20.7. The molecule has 0 aliphatic carbocycles. The van der Waals surface area contributed by atoms with Crippen LogP contribution < -0.4 is 10.6 Å². The van der Waals surface area contributed by atoms with Gasteiger partial charge in [0, 0.05) is 38.6 Å². The van der Waals surface area contributed by atoms with Crippen LogP contribution in [0.3, 0.4) is 0 Å². The van der Waals surface area contributed by atoms with Crippen molar-refractivity contribution in [2.75, 3.05) is 25.0 Å². The van der Waals surface area contributed by atoms with Crippen LogP contribution >= 0.6 is 0 Å². The van der Waals surface area contributed by atoms with Crippen LogP contribution in [0.5, 0.6) is 0 Å². The van der Waals surface area contributed by atoms with Crippen LogP contribution in [0, 0.1) is 13.8 Å². The summed E-state index contributed by atoms with van der Waals surface area (Å²) in [5, 5.41) is 19.2. The summed E-state index contributed by atoms with van der Waals surface area (Å²) in [6.45, 7) is 12.0. The van der Waals surface area contributed by atoms with Crippen molar-refractivity contribution in [2.24, 2.45) is 7.05 Å². The standard InChI is InChI=1S/C24H33N7O3/c1-15(2)33-23(32)31-10-9-25-14-24(31,5)13-18-11-16(3)12-19(17(18)4)27-22-29-28-21(34-22)20-7-8-26-30(20)6/h7-8,11-12,15,25H,9-10,13-14H2,1-6H3,(H,27,29)/t24-/m0/s1. The maximum Gasteiger partial charge on any atom is 0.410 e. The van der Waals surface area contributed by atoms with Gasteiger partial charge >= 0.3 is 12.1 Å². The molecule has 2 N–H and O–H groups in total. The van der Waals surface area contributed by atoms with Gasteiger partial charge in [-0.25, -0.2) is 4.79 Å². The summed E-state index contributed by atoms with van der Waals surface area (Å²) in [5.74, 6) is 0.396. The van der Waals surface area contributed by atoms with Gasteiger partial charge in [-0.15, -0.1) is 5.10 Å². The molecule has 3 aromatic rings. The molecule has 0 bridgehead atoms. The Morgan fingerprint density at radius 3 is 2.82 bits per heavy atom. The first-order valence-electron chi connectivity index (χ1n) is 11.5. The number of ether oxygens (including phenoxy) is 1. The van der Waals surface area contributed by atoms with Gasteiger partial charge in [-0.2, -0.15) is 5.10 Å². The van der Waals surface area contributed by atoms with Crippen molar-refractivity contribution in [2.45, 2.75) is 52.7 Å². The third-order valence-corrected chi connectivity index (χ3v) is 6.16. The van der Waals surface area contributed by atoms with Gasteiger partial charge in [0.25, 0.3) is 5.89 Å². The van der Waals surface area contributed by atoms with Crippen LogP contribution in [0.1, 0.15) is 37.5 Å². The van der Waals surface area contributed by atoms with E-state index in [0.717, 1.165) is 34.6 Å². The first-order valence-corrected chi connectivity index (χ1v) is 11.5. The van der Waals surface area contributed by atoms with Gasteiger partial charge in [0.05, 0.1) is 11.6 Å². The number of hydrogen-bond donors (Lipinski definition) is 2. The highest BCUT2D eigenvalue weighted by Crippen LogP contribution is 2.31. The minimum absolute atomic E-state index is 0.159. The van der Waals surface area contributed by atoms with Gasteiger partial charge in [0.2, 0.25) is 0 Å². The molecule has 1 aliphatic rings. The molecule has 1 amide bonds. The van der Waals surface area contributed by atoms with Gasteiger partial charge in [-0.05, 0) is 69.9 Å². The Kier molecular flexibility index (Phi) is 6.60. The predicted molar refractivity (Wildman–Crippen MR) is 129 cm³/mol. The molecular weight excluding hydrogens is 434 g/mol. The van der Waals surface area contributed by atoms with Crippen molar-refractivity contribution in [1.82, 2.24) is 30.2 Å². The van der Waals surface area contributed by atoms with Gasteiger partial charge in [-0.1, -0.05) is 11.2 Å². The van der Waals surface area contributed by atoms with E-state index in [2.05, 4.69) is 58.8 Å². The van der Waals surface area contributed by atoms with Gasteiger partial charge in [0.1, 0.15) is 5.69 Å². The molecule has 34 heavy (non-hydrogen) atoms. The van der Waals surface area contributed by atoms with Crippen LogP contribution in [0.2, 0.25) is 0 Å². The Morgan fingerprint density at radius 2 is 2.12 bits per heavy atom. The number of hydrogen-bond acceptors (Lipinski definition) is 8. The molecule has 3 heterocycles. The third-order valence-electron chi connectivity index (χ3n) is 6.16. The predicted octanol–water partition coefficient (Wildman–Crippen LogP) is 3.58. The molecule has 10 nitrogen and oxygen atoms in total. The quantitative estimate of drug-likeness (QED) is 0.566. The fourth-order valence-electron chi connectivity index (χ4n) is 4.38. The first kappa shape index (κ1) is 23.7. The number of benzene rings is 1. The molecule has 1 aromatic carbocycles. The van der Waals surface area contributed by atoms with E-state index in [1.807, 2.05) is 31.9 Å². The number of nitrogens with zero attached hydrogens (tertiary/aromatic N) is 5. The van der Waals surface area contributed by atoms with Crippen molar-refractivity contribution in [3.8, 4) is 11.6 Å². The molecule has 1 atom stereocenters. The number of rotatable bonds is 6. The highest BCUT2D eigenvalue weighted by Gasteiger charge is 2.39. The lowest BCUT2D eigenvalue weighted by Crippen LogP contribution is -2.62. The van der Waals surface area contributed by atoms with Crippen molar-refractivity contribution >= 4 is 17.8 Å². The lowest BCUT2D eigenvalue weighted by Gasteiger charge is -2.45. The second kappa shape index (κ2) is 9.46. The van der Waals surface area contributed by atoms with Crippen LogP contribution in [0.4, 0.5) is 16.5 Å². The number of nitrogens with one attached hydrogen (secondary N) is 2. The molecule has 0 radical (unpaired) electrons. The van der Waals surface area contributed by atoms with E-state index >= 15 is 0 Å². The van der Waals surface area contributed by atoms with Crippen LogP contribution in [0.25, 0.3) is 11.6 Å². The number of amides is 1. The Hall–Kier alpha value is -3.40. The van der Waals surface area contributed by atoms with E-state index in [-0.39, 0.29) is 12.2 Å². The molecule has 2 aromatic heterocycles. The minimum atomic E-state index is -0.419. The van der Waals surface area contributed by atoms with Gasteiger partial charge in [0.15, 0.2) is 0 Å². The number of piperazine rings is 1. The molecule has 0 spiro atoms. The first-order chi connectivity index (χ1) is 16.2. The van der Waals surface area contributed by atoms with E-state index in [4.69, 9.17) is 9.15 Å². The minimum Gasteiger partial charge on any atom is -0.447 e. The smallest absolute Gasteiger partial charge is 0.410 e. The Morgan fingerprint density at radius 1 is 1.32 bits per heavy atom. The third kappa shape index (κ3) is 4.91. The molecule has 1 fully saturated rings. The molecular formula is C24H33N7O3. The summed E-state index contributed by atoms with van der Waals surface area (Å²) < 4.78 is 13.0. The Bertz CT molecular complexity index is 1170. The zero-order chi connectivity index (χ0) is 24.5. The number of aromatic nitrogens is 4. The van der Waals surface area contributed by atoms with E-state index in [1.165, 1.54) is 0 Å². The highest BCUT2D eigenvalue weighted by molar-refractivity contribution is 5.69. The normalized spacial score (nSPS) is 18.4. The summed E-state index contributed by atoms with van der Waals surface area (Å²) >= 11 is 0. The summed E-state index contributed by atoms with van der Waals surface area (Å²) in [6, 6.07) is 6.35. The number of anilines is 2. The lowest BCUT2D eigenvalue weighted by molar-refractivity contribution is 0.0272. The van der Waals surface area contributed by atoms with Gasteiger partial charge in [-0.3, -0.25) is 9.58 Å². The number of carbonyl (C=O) groups excluding carboxylic acids is 1. The highest BCUT2D eigenvalue weighted by atomic mass is 16.6. The fourth-order valence-corrected chi connectivity index (χ4v) is 4.38. The van der Waals surface area contributed by atoms with Gasteiger partial charge < -0.3 is 19.8 Å². The Balaban J connectivity index is 1.58. The molecule has 1 aliphatic heterocycles. The summed E-state index contributed by atoms with van der Waals surface area (Å²) in [7, 11) is 1.82. The average molecular weight is 468 g/mol. The maximum absolute atomic E-state index is 12.8. The zero-order valence-electron chi connectivity index (χ0n) is 20.7. The average Bonchev–Trinajstić information content (AvgIpc) is 3.39. The van der Waals surface area contributed by atoms with Crippen LogP contribution in [0.15, 0.2) is 28.8 Å². The number of carbonyl (C=O) groups is 1. The topological polar surface area (TPSA) is 110 Å². The van der Waals surface area contributed by atoms with Crippen LogP contribution in [-0.2, 0) is 18.2 Å². The number of aryl methyl sites for hydroxylation is 2. The molecule has 10 heteroatoms. The maximum atomic E-state index is 12.8. The second-order valence-electron chi connectivity index (χ2n) is 9.41. The summed E-state index contributed by atoms with van der Waals surface area (Å²) in [4.78, 5) is 14.7. The van der Waals surface area contributed by atoms with Crippen molar-refractivity contribution in [3.05, 3.63) is 41.1 Å². The SMILES string of the molecule is Cc1cc(C[C@@]2(C)CNCCN2C(=O)OC(C)C)c(C)c(Nc2nnc(-c3ccnn3C)o2)c1. The molecule has 0 saturated carbocycles. The second-order valence-corrected chi connectivity index (χ2v) is 9.41. The summed E-state index contributed by atoms with van der Waals surface area (Å²) in [5.41, 5.74) is 4.51. The molecule has 1 saturated heterocycles. The molecule has 0 unspecified atom stereocenters. The van der Waals surface area contributed by atoms with E-state index < -0.39 is 5.54 Å². The van der Waals surface area contributed by atoms with E-state index in [9.17, 15) is 4.79 Å². The molecule has 182 valence electrons. The largest absolute Gasteiger partial charge is 0.447 e. The van der Waals surface area contributed by atoms with E-state index in [1.54, 1.807) is 10.9 Å². The van der Waals surface area contributed by atoms with Crippen molar-refractivity contribution in [3.63, 3.8) is 0 Å². The lowest BCUT2D eigenvalue weighted by atomic mass is 9.86. The molecule has 4 rings (SSSR count). The fraction of sp³-hybridized carbons (Fsp3) is 0.500. The van der Waals surface area contributed by atoms with Crippen molar-refractivity contribution < 1.29 is 13.9 Å².